The van der Waals surface area contributed by atoms with Crippen LogP contribution in [0.1, 0.15) is 5.56 Å². The van der Waals surface area contributed by atoms with Gasteiger partial charge >= 0.3 is 104 Å². The van der Waals surface area contributed by atoms with E-state index >= 15 is 0 Å². The topological polar surface area (TPSA) is 43.4 Å². The van der Waals surface area contributed by atoms with Crippen molar-refractivity contribution in [3.8, 4) is 0 Å². The van der Waals surface area contributed by atoms with Gasteiger partial charge in [0.25, 0.3) is 0 Å². The second-order valence-electron chi connectivity index (χ2n) is 2.92. The Bertz CT molecular complexity index is 500. The van der Waals surface area contributed by atoms with Crippen LogP contribution >= 0.6 is 20.8 Å². The van der Waals surface area contributed by atoms with Gasteiger partial charge in [-0.05, 0) is 0 Å². The first-order valence-corrected chi connectivity index (χ1v) is 8.27. The summed E-state index contributed by atoms with van der Waals surface area (Å²) in [6.45, 7) is 1.46. The molecular weight excluding hydrogens is 379 g/mol. The fourth-order valence-electron chi connectivity index (χ4n) is 0.860. The van der Waals surface area contributed by atoms with Gasteiger partial charge in [0.15, 0.2) is 0 Å². The van der Waals surface area contributed by atoms with Crippen molar-refractivity contribution >= 4 is 30.9 Å². The summed E-state index contributed by atoms with van der Waals surface area (Å²) in [7, 11) is -5.87. The molecule has 1 rings (SSSR count). The van der Waals surface area contributed by atoms with Crippen LogP contribution in [0.5, 0.6) is 0 Å². The Morgan fingerprint density at radius 1 is 1.24 bits per heavy atom. The van der Waals surface area contributed by atoms with Gasteiger partial charge in [-0.3, -0.25) is 0 Å². The van der Waals surface area contributed by atoms with Gasteiger partial charge in [0.05, 0.1) is 0 Å². The number of aryl methyl sites for hydroxylation is 1. The number of rotatable bonds is 3. The molecule has 0 fully saturated rings. The van der Waals surface area contributed by atoms with Crippen molar-refractivity contribution in [3.63, 3.8) is 0 Å². The van der Waals surface area contributed by atoms with Crippen LogP contribution in [0.15, 0.2) is 24.3 Å². The molecule has 0 unspecified atom stereocenters. The van der Waals surface area contributed by atoms with E-state index in [0.29, 0.717) is 5.56 Å². The second kappa shape index (κ2) is 5.06. The molecule has 0 saturated carbocycles. The average Bonchev–Trinajstić information content (AvgIpc) is 2.15. The molecule has 9 heteroatoms. The number of hydrogen-bond acceptors (Lipinski definition) is 3. The monoisotopic (exact) mass is 386 g/mol. The first kappa shape index (κ1) is 14.6. The van der Waals surface area contributed by atoms with Crippen LogP contribution in [0.3, 0.4) is 0 Å². The Morgan fingerprint density at radius 3 is 2.24 bits per heavy atom. The molecule has 0 aliphatic heterocycles. The Kier molecular flexibility index (Phi) is 4.36. The quantitative estimate of drug-likeness (QED) is 0.455. The number of hydrogen-bond donors (Lipinski definition) is 0. The van der Waals surface area contributed by atoms with E-state index in [1.54, 1.807) is 6.07 Å². The number of alkyl halides is 3. The van der Waals surface area contributed by atoms with Crippen molar-refractivity contribution in [1.82, 2.24) is 0 Å². The molecule has 0 N–H and O–H groups in total. The third-order valence-electron chi connectivity index (χ3n) is 1.66. The van der Waals surface area contributed by atoms with E-state index in [1.165, 1.54) is 25.1 Å². The van der Waals surface area contributed by atoms with Gasteiger partial charge < -0.3 is 0 Å². The first-order valence-electron chi connectivity index (χ1n) is 4.08. The molecule has 17 heavy (non-hydrogen) atoms. The molecule has 0 amide bonds. The SMILES string of the molecule is Cc1ccccc1I(F)OS(=O)(=O)C(F)(F)F. The summed E-state index contributed by atoms with van der Waals surface area (Å²) in [6, 6.07) is 5.63. The van der Waals surface area contributed by atoms with Gasteiger partial charge in [-0.2, -0.15) is 0 Å². The summed E-state index contributed by atoms with van der Waals surface area (Å²) in [6.07, 6.45) is 0. The van der Waals surface area contributed by atoms with Crippen molar-refractivity contribution in [3.05, 3.63) is 33.4 Å². The van der Waals surface area contributed by atoms with Crippen LogP contribution in [0, 0.1) is 10.5 Å². The predicted molar refractivity (Wildman–Crippen MR) is 61.1 cm³/mol. The summed E-state index contributed by atoms with van der Waals surface area (Å²) in [5.74, 6) is 0. The molecule has 0 spiro atoms. The van der Waals surface area contributed by atoms with E-state index in [0.717, 1.165) is 0 Å². The van der Waals surface area contributed by atoms with Crippen LogP contribution in [0.25, 0.3) is 0 Å². The van der Waals surface area contributed by atoms with Gasteiger partial charge in [0.1, 0.15) is 0 Å². The number of halogens is 5. The third kappa shape index (κ3) is 3.52. The van der Waals surface area contributed by atoms with Crippen molar-refractivity contribution < 1.29 is 27.0 Å². The Morgan fingerprint density at radius 2 is 1.76 bits per heavy atom. The molecule has 1 aromatic carbocycles. The van der Waals surface area contributed by atoms with E-state index < -0.39 is 36.4 Å². The second-order valence-corrected chi connectivity index (χ2v) is 7.84. The summed E-state index contributed by atoms with van der Waals surface area (Å²) >= 11 is -4.32. The van der Waals surface area contributed by atoms with Gasteiger partial charge in [-0.15, -0.1) is 0 Å². The Labute approximate surface area is 104 Å². The van der Waals surface area contributed by atoms with Gasteiger partial charge in [0.2, 0.25) is 0 Å². The van der Waals surface area contributed by atoms with Crippen molar-refractivity contribution in [2.24, 2.45) is 0 Å². The molecule has 0 aromatic heterocycles. The minimum atomic E-state index is -5.87. The molecule has 0 radical (unpaired) electrons. The summed E-state index contributed by atoms with van der Waals surface area (Å²) in [4.78, 5) is 0. The minimum absolute atomic E-state index is 0.107. The van der Waals surface area contributed by atoms with Gasteiger partial charge in [0, 0.05) is 0 Å². The summed E-state index contributed by atoms with van der Waals surface area (Å²) in [5, 5.41) is 0. The van der Waals surface area contributed by atoms with Crippen molar-refractivity contribution in [1.29, 1.82) is 0 Å². The molecule has 0 aliphatic rings. The molecule has 0 atom stereocenters. The molecule has 0 aliphatic carbocycles. The average molecular weight is 386 g/mol. The summed E-state index contributed by atoms with van der Waals surface area (Å²) < 4.78 is 74.0. The van der Waals surface area contributed by atoms with Crippen LogP contribution < -0.4 is 0 Å². The Balaban J connectivity index is 2.96. The molecule has 1 aromatic rings. The standard InChI is InChI=1S/C8H7F4IO3S/c1-6-4-2-3-5-7(6)13(12)16-17(14,15)8(9,10)11/h2-5H,1H3. The normalized spacial score (nSPS) is 13.6. The molecule has 0 bridgehead atoms. The van der Waals surface area contributed by atoms with Crippen LogP contribution in [0.2, 0.25) is 0 Å². The third-order valence-corrected chi connectivity index (χ3v) is 6.99. The first-order chi connectivity index (χ1) is 7.65. The van der Waals surface area contributed by atoms with E-state index in [2.05, 4.69) is 2.51 Å². The van der Waals surface area contributed by atoms with E-state index in [9.17, 15) is 24.4 Å². The predicted octanol–water partition coefficient (Wildman–Crippen LogP) is 3.34. The van der Waals surface area contributed by atoms with Crippen molar-refractivity contribution in [2.45, 2.75) is 12.4 Å². The fraction of sp³-hybridized carbons (Fsp3) is 0.250. The number of benzene rings is 1. The zero-order valence-electron chi connectivity index (χ0n) is 8.33. The zero-order chi connectivity index (χ0) is 13.3. The van der Waals surface area contributed by atoms with E-state index in [1.807, 2.05) is 0 Å². The molecular formula is C8H7F4IO3S. The molecule has 0 saturated heterocycles. The summed E-state index contributed by atoms with van der Waals surface area (Å²) in [5.41, 5.74) is -5.24. The molecule has 98 valence electrons. The Hall–Kier alpha value is -0.420. The maximum atomic E-state index is 13.5. The van der Waals surface area contributed by atoms with E-state index in [4.69, 9.17) is 0 Å². The fourth-order valence-corrected chi connectivity index (χ4v) is 4.92. The van der Waals surface area contributed by atoms with Crippen LogP contribution in [-0.2, 0) is 12.6 Å². The molecule has 3 nitrogen and oxygen atoms in total. The van der Waals surface area contributed by atoms with Gasteiger partial charge in [-0.1, -0.05) is 0 Å². The van der Waals surface area contributed by atoms with Crippen LogP contribution in [-0.4, -0.2) is 13.9 Å². The molecule has 0 heterocycles. The zero-order valence-corrected chi connectivity index (χ0v) is 11.3. The van der Waals surface area contributed by atoms with Crippen LogP contribution in [0.4, 0.5) is 16.0 Å². The van der Waals surface area contributed by atoms with Gasteiger partial charge in [-0.25, -0.2) is 0 Å². The van der Waals surface area contributed by atoms with Crippen molar-refractivity contribution in [2.75, 3.05) is 0 Å². The van der Waals surface area contributed by atoms with E-state index in [-0.39, 0.29) is 3.57 Å². The maximum absolute atomic E-state index is 13.5.